The number of anilines is 1. The van der Waals surface area contributed by atoms with E-state index in [9.17, 15) is 13.2 Å². The Labute approximate surface area is 178 Å². The van der Waals surface area contributed by atoms with Crippen LogP contribution in [0.25, 0.3) is 0 Å². The highest BCUT2D eigenvalue weighted by molar-refractivity contribution is 7.92. The first-order chi connectivity index (χ1) is 14.2. The number of sulfonamides is 1. The molecule has 3 aromatic rings. The molecule has 0 aliphatic carbocycles. The van der Waals surface area contributed by atoms with Gasteiger partial charge in [0.05, 0.1) is 10.6 Å². The lowest BCUT2D eigenvalue weighted by atomic mass is 10.1. The Morgan fingerprint density at radius 3 is 2.07 bits per heavy atom. The summed E-state index contributed by atoms with van der Waals surface area (Å²) >= 11 is 0. The highest BCUT2D eigenvalue weighted by Gasteiger charge is 2.21. The molecule has 0 unspecified atom stereocenters. The van der Waals surface area contributed by atoms with Gasteiger partial charge in [-0.15, -0.1) is 0 Å². The molecular weight excluding hydrogens is 396 g/mol. The highest BCUT2D eigenvalue weighted by Crippen LogP contribution is 2.23. The van der Waals surface area contributed by atoms with Gasteiger partial charge in [-0.2, -0.15) is 0 Å². The fourth-order valence-corrected chi connectivity index (χ4v) is 4.39. The molecule has 156 valence electrons. The average Bonchev–Trinajstić information content (AvgIpc) is 2.73. The molecule has 5 nitrogen and oxygen atoms in total. The first-order valence-corrected chi connectivity index (χ1v) is 11.1. The molecule has 1 amide bonds. The van der Waals surface area contributed by atoms with Crippen LogP contribution in [-0.4, -0.2) is 33.3 Å². The number of carbonyl (C=O) groups is 1. The monoisotopic (exact) mass is 422 g/mol. The van der Waals surface area contributed by atoms with E-state index in [1.807, 2.05) is 32.0 Å². The minimum Gasteiger partial charge on any atom is -0.337 e. The number of nitrogens with zero attached hydrogens (tertiary/aromatic N) is 2. The van der Waals surface area contributed by atoms with E-state index in [0.29, 0.717) is 17.8 Å². The van der Waals surface area contributed by atoms with Crippen LogP contribution in [0.5, 0.6) is 0 Å². The number of amides is 1. The Hall–Kier alpha value is -3.12. The van der Waals surface area contributed by atoms with Crippen LogP contribution >= 0.6 is 0 Å². The molecule has 3 rings (SSSR count). The fraction of sp³-hybridized carbons (Fsp3) is 0.208. The maximum atomic E-state index is 12.9. The van der Waals surface area contributed by atoms with E-state index in [2.05, 4.69) is 6.07 Å². The Balaban J connectivity index is 1.75. The maximum absolute atomic E-state index is 12.9. The molecule has 0 aliphatic rings. The predicted molar refractivity (Wildman–Crippen MR) is 120 cm³/mol. The quantitative estimate of drug-likeness (QED) is 0.592. The number of benzene rings is 3. The molecule has 3 aromatic carbocycles. The molecule has 0 radical (unpaired) electrons. The second-order valence-electron chi connectivity index (χ2n) is 7.48. The van der Waals surface area contributed by atoms with Gasteiger partial charge in [0.2, 0.25) is 0 Å². The lowest BCUT2D eigenvalue weighted by molar-refractivity contribution is 0.0785. The van der Waals surface area contributed by atoms with Crippen molar-refractivity contribution in [1.29, 1.82) is 0 Å². The summed E-state index contributed by atoms with van der Waals surface area (Å²) in [6, 6.07) is 21.4. The predicted octanol–water partition coefficient (Wildman–Crippen LogP) is 4.40. The van der Waals surface area contributed by atoms with Gasteiger partial charge >= 0.3 is 0 Å². The van der Waals surface area contributed by atoms with Crippen LogP contribution in [-0.2, 0) is 16.6 Å². The molecule has 6 heteroatoms. The fourth-order valence-electron chi connectivity index (χ4n) is 3.20. The Bertz CT molecular complexity index is 1140. The second kappa shape index (κ2) is 8.71. The van der Waals surface area contributed by atoms with Crippen LogP contribution in [0.4, 0.5) is 5.69 Å². The zero-order valence-corrected chi connectivity index (χ0v) is 18.5. The number of carbonyl (C=O) groups excluding carboxylic acids is 1. The SMILES string of the molecule is Cc1ccc(S(=O)(=O)N(C)c2ccc(C(=O)N(C)Cc3cccc(C)c3)cc2)cc1. The van der Waals surface area contributed by atoms with E-state index in [1.54, 1.807) is 60.5 Å². The minimum atomic E-state index is -3.67. The van der Waals surface area contributed by atoms with Gasteiger partial charge in [-0.05, 0) is 55.8 Å². The third-order valence-corrected chi connectivity index (χ3v) is 6.81. The van der Waals surface area contributed by atoms with E-state index in [0.717, 1.165) is 16.7 Å². The third kappa shape index (κ3) is 4.71. The van der Waals surface area contributed by atoms with Crippen molar-refractivity contribution in [3.05, 3.63) is 95.1 Å². The first-order valence-electron chi connectivity index (χ1n) is 9.65. The lowest BCUT2D eigenvalue weighted by Crippen LogP contribution is -2.27. The summed E-state index contributed by atoms with van der Waals surface area (Å²) in [4.78, 5) is 14.6. The van der Waals surface area contributed by atoms with Crippen molar-refractivity contribution in [2.75, 3.05) is 18.4 Å². The maximum Gasteiger partial charge on any atom is 0.264 e. The smallest absolute Gasteiger partial charge is 0.264 e. The van der Waals surface area contributed by atoms with Gasteiger partial charge in [-0.1, -0.05) is 47.5 Å². The molecule has 0 bridgehead atoms. The van der Waals surface area contributed by atoms with Gasteiger partial charge < -0.3 is 4.90 Å². The van der Waals surface area contributed by atoms with Gasteiger partial charge in [0.25, 0.3) is 15.9 Å². The molecule has 0 saturated carbocycles. The van der Waals surface area contributed by atoms with Gasteiger partial charge in [-0.3, -0.25) is 9.10 Å². The summed E-state index contributed by atoms with van der Waals surface area (Å²) in [5.74, 6) is -0.118. The van der Waals surface area contributed by atoms with Crippen LogP contribution in [0, 0.1) is 13.8 Å². The number of hydrogen-bond donors (Lipinski definition) is 0. The summed E-state index contributed by atoms with van der Waals surface area (Å²) in [6.07, 6.45) is 0. The third-order valence-electron chi connectivity index (χ3n) is 5.01. The van der Waals surface area contributed by atoms with Crippen molar-refractivity contribution in [3.8, 4) is 0 Å². The largest absolute Gasteiger partial charge is 0.337 e. The van der Waals surface area contributed by atoms with Crippen LogP contribution in [0.3, 0.4) is 0 Å². The molecule has 0 aromatic heterocycles. The van der Waals surface area contributed by atoms with Crippen LogP contribution in [0.2, 0.25) is 0 Å². The average molecular weight is 423 g/mol. The molecule has 0 saturated heterocycles. The van der Waals surface area contributed by atoms with Gasteiger partial charge in [0, 0.05) is 26.2 Å². The van der Waals surface area contributed by atoms with Crippen molar-refractivity contribution in [1.82, 2.24) is 4.90 Å². The molecule has 0 heterocycles. The van der Waals surface area contributed by atoms with Crippen molar-refractivity contribution in [2.45, 2.75) is 25.3 Å². The van der Waals surface area contributed by atoms with E-state index >= 15 is 0 Å². The summed E-state index contributed by atoms with van der Waals surface area (Å²) in [5, 5.41) is 0. The van der Waals surface area contributed by atoms with Crippen LogP contribution in [0.1, 0.15) is 27.0 Å². The summed E-state index contributed by atoms with van der Waals surface area (Å²) in [6.45, 7) is 4.43. The van der Waals surface area contributed by atoms with Crippen molar-refractivity contribution in [2.24, 2.45) is 0 Å². The van der Waals surface area contributed by atoms with Crippen LogP contribution in [0.15, 0.2) is 77.7 Å². The normalized spacial score (nSPS) is 11.2. The number of aryl methyl sites for hydroxylation is 2. The molecule has 0 N–H and O–H groups in total. The summed E-state index contributed by atoms with van der Waals surface area (Å²) in [7, 11) is -0.399. The Morgan fingerprint density at radius 1 is 0.833 bits per heavy atom. The van der Waals surface area contributed by atoms with Crippen molar-refractivity contribution in [3.63, 3.8) is 0 Å². The first kappa shape index (κ1) is 21.6. The van der Waals surface area contributed by atoms with Gasteiger partial charge in [0.15, 0.2) is 0 Å². The standard InChI is InChI=1S/C24H26N2O3S/c1-18-8-14-23(15-9-18)30(28,29)26(4)22-12-10-21(11-13-22)24(27)25(3)17-20-7-5-6-19(2)16-20/h5-16H,17H2,1-4H3. The van der Waals surface area contributed by atoms with E-state index < -0.39 is 10.0 Å². The lowest BCUT2D eigenvalue weighted by Gasteiger charge is -2.21. The number of hydrogen-bond acceptors (Lipinski definition) is 3. The minimum absolute atomic E-state index is 0.118. The Morgan fingerprint density at radius 2 is 1.47 bits per heavy atom. The second-order valence-corrected chi connectivity index (χ2v) is 9.45. The van der Waals surface area contributed by atoms with Crippen molar-refractivity contribution >= 4 is 21.6 Å². The van der Waals surface area contributed by atoms with Crippen molar-refractivity contribution < 1.29 is 13.2 Å². The van der Waals surface area contributed by atoms with E-state index in [-0.39, 0.29) is 10.8 Å². The zero-order valence-electron chi connectivity index (χ0n) is 17.7. The van der Waals surface area contributed by atoms with E-state index in [4.69, 9.17) is 0 Å². The molecule has 0 fully saturated rings. The molecule has 30 heavy (non-hydrogen) atoms. The highest BCUT2D eigenvalue weighted by atomic mass is 32.2. The van der Waals surface area contributed by atoms with Crippen LogP contribution < -0.4 is 4.31 Å². The summed E-state index contributed by atoms with van der Waals surface area (Å²) in [5.41, 5.74) is 4.21. The van der Waals surface area contributed by atoms with Gasteiger partial charge in [-0.25, -0.2) is 8.42 Å². The molecule has 0 aliphatic heterocycles. The topological polar surface area (TPSA) is 57.7 Å². The Kier molecular flexibility index (Phi) is 6.27. The van der Waals surface area contributed by atoms with Gasteiger partial charge in [0.1, 0.15) is 0 Å². The summed E-state index contributed by atoms with van der Waals surface area (Å²) < 4.78 is 26.9. The van der Waals surface area contributed by atoms with E-state index in [1.165, 1.54) is 11.4 Å². The number of rotatable bonds is 6. The molecular formula is C24H26N2O3S. The molecule has 0 atom stereocenters. The molecule has 0 spiro atoms. The zero-order chi connectivity index (χ0) is 21.9.